The van der Waals surface area contributed by atoms with Gasteiger partial charge in [-0.15, -0.1) is 0 Å². The van der Waals surface area contributed by atoms with Crippen LogP contribution in [0.3, 0.4) is 0 Å². The summed E-state index contributed by atoms with van der Waals surface area (Å²) in [6.45, 7) is 2.55. The Morgan fingerprint density at radius 1 is 1.54 bits per heavy atom. The largest absolute Gasteiger partial charge is 0.505 e. The first-order chi connectivity index (χ1) is 6.22. The van der Waals surface area contributed by atoms with E-state index in [2.05, 4.69) is 15.3 Å². The maximum Gasteiger partial charge on any atom is 0.223 e. The lowest BCUT2D eigenvalue weighted by atomic mass is 10.4. The third-order valence-corrected chi connectivity index (χ3v) is 1.43. The highest BCUT2D eigenvalue weighted by molar-refractivity contribution is 5.27. The molecule has 1 aromatic rings. The van der Waals surface area contributed by atoms with E-state index >= 15 is 0 Å². The lowest BCUT2D eigenvalue weighted by Gasteiger charge is -2.11. The fraction of sp³-hybridized carbons (Fsp3) is 0.500. The third-order valence-electron chi connectivity index (χ3n) is 1.43. The number of hydrogen-bond acceptors (Lipinski definition) is 5. The molecule has 5 nitrogen and oxygen atoms in total. The maximum atomic E-state index is 8.92. The summed E-state index contributed by atoms with van der Waals surface area (Å²) in [6.07, 6.45) is 2.68. The van der Waals surface area contributed by atoms with Crippen molar-refractivity contribution in [1.82, 2.24) is 9.97 Å². The van der Waals surface area contributed by atoms with Crippen LogP contribution >= 0.6 is 0 Å². The summed E-state index contributed by atoms with van der Waals surface area (Å²) in [6, 6.07) is 0.148. The van der Waals surface area contributed by atoms with Crippen molar-refractivity contribution in [2.75, 3.05) is 19.0 Å². The Kier molecular flexibility index (Phi) is 3.45. The van der Waals surface area contributed by atoms with Crippen LogP contribution in [0.5, 0.6) is 5.75 Å². The van der Waals surface area contributed by atoms with E-state index in [1.807, 2.05) is 6.92 Å². The Morgan fingerprint density at radius 2 is 2.15 bits per heavy atom. The predicted molar refractivity (Wildman–Crippen MR) is 48.7 cm³/mol. The quantitative estimate of drug-likeness (QED) is 0.716. The molecule has 13 heavy (non-hydrogen) atoms. The fourth-order valence-corrected chi connectivity index (χ4v) is 0.908. The number of nitrogens with one attached hydrogen (secondary N) is 1. The molecule has 1 heterocycles. The van der Waals surface area contributed by atoms with Crippen LogP contribution in [0.4, 0.5) is 5.95 Å². The molecule has 0 saturated carbocycles. The van der Waals surface area contributed by atoms with E-state index in [1.54, 1.807) is 7.11 Å². The molecule has 0 spiro atoms. The maximum absolute atomic E-state index is 8.92. The second-order valence-corrected chi connectivity index (χ2v) is 2.77. The fourth-order valence-electron chi connectivity index (χ4n) is 0.908. The monoisotopic (exact) mass is 183 g/mol. The van der Waals surface area contributed by atoms with Crippen LogP contribution in [0.1, 0.15) is 6.92 Å². The first-order valence-electron chi connectivity index (χ1n) is 3.99. The Labute approximate surface area is 76.8 Å². The Balaban J connectivity index is 2.49. The summed E-state index contributed by atoms with van der Waals surface area (Å²) in [5, 5.41) is 11.9. The molecule has 1 atom stereocenters. The van der Waals surface area contributed by atoms with Gasteiger partial charge in [-0.1, -0.05) is 0 Å². The molecule has 0 fully saturated rings. The second kappa shape index (κ2) is 4.61. The molecule has 0 radical (unpaired) electrons. The summed E-state index contributed by atoms with van der Waals surface area (Å²) in [5.74, 6) is 0.548. The molecule has 0 aliphatic carbocycles. The van der Waals surface area contributed by atoms with Crippen LogP contribution < -0.4 is 5.32 Å². The van der Waals surface area contributed by atoms with Gasteiger partial charge >= 0.3 is 0 Å². The topological polar surface area (TPSA) is 67.3 Å². The third kappa shape index (κ3) is 3.25. The molecule has 1 aromatic heterocycles. The lowest BCUT2D eigenvalue weighted by molar-refractivity contribution is 0.190. The molecular weight excluding hydrogens is 170 g/mol. The highest BCUT2D eigenvalue weighted by Gasteiger charge is 2.02. The van der Waals surface area contributed by atoms with Crippen molar-refractivity contribution in [1.29, 1.82) is 0 Å². The van der Waals surface area contributed by atoms with Gasteiger partial charge in [-0.2, -0.15) is 0 Å². The van der Waals surface area contributed by atoms with Crippen molar-refractivity contribution in [2.45, 2.75) is 13.0 Å². The number of aromatic hydroxyl groups is 1. The Morgan fingerprint density at radius 3 is 2.69 bits per heavy atom. The summed E-state index contributed by atoms with van der Waals surface area (Å²) in [4.78, 5) is 7.75. The van der Waals surface area contributed by atoms with E-state index < -0.39 is 0 Å². The van der Waals surface area contributed by atoms with Gasteiger partial charge in [0.15, 0.2) is 5.75 Å². The molecule has 0 amide bonds. The summed E-state index contributed by atoms with van der Waals surface area (Å²) >= 11 is 0. The van der Waals surface area contributed by atoms with Gasteiger partial charge in [-0.05, 0) is 6.92 Å². The van der Waals surface area contributed by atoms with Crippen molar-refractivity contribution in [2.24, 2.45) is 0 Å². The molecule has 1 rings (SSSR count). The standard InChI is InChI=1S/C8H13N3O2/c1-6(5-13-2)11-8-9-3-7(12)4-10-8/h3-4,6,12H,5H2,1-2H3,(H,9,10,11). The van der Waals surface area contributed by atoms with Gasteiger partial charge in [0.25, 0.3) is 0 Å². The number of methoxy groups -OCH3 is 1. The van der Waals surface area contributed by atoms with E-state index in [4.69, 9.17) is 9.84 Å². The molecule has 0 aliphatic rings. The molecule has 1 unspecified atom stereocenters. The number of ether oxygens (including phenoxy) is 1. The molecule has 0 saturated heterocycles. The Hall–Kier alpha value is -1.36. The van der Waals surface area contributed by atoms with Gasteiger partial charge in [0.2, 0.25) is 5.95 Å². The molecule has 0 aromatic carbocycles. The van der Waals surface area contributed by atoms with Crippen LogP contribution in [0.2, 0.25) is 0 Å². The number of anilines is 1. The zero-order valence-electron chi connectivity index (χ0n) is 7.69. The normalized spacial score (nSPS) is 12.5. The highest BCUT2D eigenvalue weighted by atomic mass is 16.5. The van der Waals surface area contributed by atoms with E-state index in [9.17, 15) is 0 Å². The van der Waals surface area contributed by atoms with Crippen LogP contribution in [-0.2, 0) is 4.74 Å². The van der Waals surface area contributed by atoms with Gasteiger partial charge < -0.3 is 15.2 Å². The first kappa shape index (κ1) is 9.73. The molecule has 2 N–H and O–H groups in total. The molecule has 0 bridgehead atoms. The van der Waals surface area contributed by atoms with Gasteiger partial charge in [0.1, 0.15) is 0 Å². The Bertz CT molecular complexity index is 250. The summed E-state index contributed by atoms with van der Waals surface area (Å²) < 4.78 is 4.93. The van der Waals surface area contributed by atoms with Crippen LogP contribution in [-0.4, -0.2) is 34.8 Å². The molecule has 0 aliphatic heterocycles. The SMILES string of the molecule is COCC(C)Nc1ncc(O)cn1. The number of hydrogen-bond donors (Lipinski definition) is 2. The van der Waals surface area contributed by atoms with Gasteiger partial charge in [0, 0.05) is 13.2 Å². The molecule has 5 heteroatoms. The smallest absolute Gasteiger partial charge is 0.223 e. The zero-order valence-corrected chi connectivity index (χ0v) is 7.69. The second-order valence-electron chi connectivity index (χ2n) is 2.77. The lowest BCUT2D eigenvalue weighted by Crippen LogP contribution is -2.21. The number of rotatable bonds is 4. The molecule has 72 valence electrons. The van der Waals surface area contributed by atoms with E-state index in [1.165, 1.54) is 12.4 Å². The van der Waals surface area contributed by atoms with Crippen LogP contribution in [0.15, 0.2) is 12.4 Å². The van der Waals surface area contributed by atoms with Crippen molar-refractivity contribution in [3.05, 3.63) is 12.4 Å². The van der Waals surface area contributed by atoms with Crippen LogP contribution in [0, 0.1) is 0 Å². The summed E-state index contributed by atoms with van der Waals surface area (Å²) in [7, 11) is 1.63. The minimum absolute atomic E-state index is 0.0601. The van der Waals surface area contributed by atoms with Crippen molar-refractivity contribution in [3.8, 4) is 5.75 Å². The average molecular weight is 183 g/mol. The van der Waals surface area contributed by atoms with Gasteiger partial charge in [0.05, 0.1) is 19.0 Å². The van der Waals surface area contributed by atoms with E-state index in [0.29, 0.717) is 12.6 Å². The van der Waals surface area contributed by atoms with E-state index in [-0.39, 0.29) is 11.8 Å². The van der Waals surface area contributed by atoms with Crippen molar-refractivity contribution >= 4 is 5.95 Å². The first-order valence-corrected chi connectivity index (χ1v) is 3.99. The minimum Gasteiger partial charge on any atom is -0.505 e. The predicted octanol–water partition coefficient (Wildman–Crippen LogP) is 0.629. The number of nitrogens with zero attached hydrogens (tertiary/aromatic N) is 2. The zero-order chi connectivity index (χ0) is 9.68. The number of aromatic nitrogens is 2. The summed E-state index contributed by atoms with van der Waals surface area (Å²) in [5.41, 5.74) is 0. The minimum atomic E-state index is 0.0601. The average Bonchev–Trinajstić information content (AvgIpc) is 2.09. The van der Waals surface area contributed by atoms with Crippen molar-refractivity contribution in [3.63, 3.8) is 0 Å². The molecular formula is C8H13N3O2. The van der Waals surface area contributed by atoms with Gasteiger partial charge in [-0.25, -0.2) is 9.97 Å². The van der Waals surface area contributed by atoms with Crippen molar-refractivity contribution < 1.29 is 9.84 Å². The van der Waals surface area contributed by atoms with E-state index in [0.717, 1.165) is 0 Å². The highest BCUT2D eigenvalue weighted by Crippen LogP contribution is 2.06. The van der Waals surface area contributed by atoms with Gasteiger partial charge in [-0.3, -0.25) is 0 Å². The van der Waals surface area contributed by atoms with Crippen LogP contribution in [0.25, 0.3) is 0 Å².